The summed E-state index contributed by atoms with van der Waals surface area (Å²) in [6.07, 6.45) is 1.63. The van der Waals surface area contributed by atoms with Gasteiger partial charge < -0.3 is 9.72 Å². The number of fused-ring (bicyclic) bond motifs is 1. The zero-order valence-corrected chi connectivity index (χ0v) is 11.5. The van der Waals surface area contributed by atoms with Crippen LogP contribution in [0.4, 0.5) is 0 Å². The molecule has 3 aromatic rings. The molecule has 94 valence electrons. The van der Waals surface area contributed by atoms with Crippen molar-refractivity contribution in [2.75, 3.05) is 0 Å². The van der Waals surface area contributed by atoms with Crippen LogP contribution in [-0.4, -0.2) is 4.98 Å². The molecule has 19 heavy (non-hydrogen) atoms. The molecule has 0 spiro atoms. The second kappa shape index (κ2) is 4.90. The first kappa shape index (κ1) is 12.0. The fourth-order valence-electron chi connectivity index (χ4n) is 1.90. The Morgan fingerprint density at radius 1 is 1.00 bits per heavy atom. The number of benzene rings is 2. The molecule has 0 amide bonds. The van der Waals surface area contributed by atoms with E-state index in [1.807, 2.05) is 42.5 Å². The van der Waals surface area contributed by atoms with Gasteiger partial charge in [0, 0.05) is 6.20 Å². The Balaban J connectivity index is 2.15. The van der Waals surface area contributed by atoms with Gasteiger partial charge >= 0.3 is 0 Å². The fraction of sp³-hybridized carbons (Fsp3) is 0. The van der Waals surface area contributed by atoms with Gasteiger partial charge in [0.15, 0.2) is 5.75 Å². The van der Waals surface area contributed by atoms with Crippen LogP contribution < -0.4 is 10.2 Å². The molecule has 2 aromatic carbocycles. The van der Waals surface area contributed by atoms with Gasteiger partial charge in [0.1, 0.15) is 5.75 Å². The predicted molar refractivity (Wildman–Crippen MR) is 78.8 cm³/mol. The van der Waals surface area contributed by atoms with E-state index in [2.05, 4.69) is 20.9 Å². The van der Waals surface area contributed by atoms with E-state index in [4.69, 9.17) is 4.74 Å². The van der Waals surface area contributed by atoms with Crippen molar-refractivity contribution in [3.05, 3.63) is 69.4 Å². The highest BCUT2D eigenvalue weighted by atomic mass is 79.9. The number of rotatable bonds is 2. The Bertz CT molecular complexity index is 781. The third kappa shape index (κ3) is 2.27. The second-order valence-electron chi connectivity index (χ2n) is 4.06. The number of aromatic nitrogens is 1. The molecule has 1 N–H and O–H groups in total. The van der Waals surface area contributed by atoms with Crippen LogP contribution in [0.25, 0.3) is 10.9 Å². The van der Waals surface area contributed by atoms with E-state index in [9.17, 15) is 4.79 Å². The van der Waals surface area contributed by atoms with Crippen LogP contribution in [0.2, 0.25) is 0 Å². The molecule has 1 heterocycles. The standard InChI is InChI=1S/C15H10BrNO2/c16-12-9-17-14-11(15(12)18)7-4-8-13(14)19-10-5-2-1-3-6-10/h1-9H,(H,17,18). The highest BCUT2D eigenvalue weighted by Gasteiger charge is 2.08. The van der Waals surface area contributed by atoms with Gasteiger partial charge in [-0.25, -0.2) is 0 Å². The van der Waals surface area contributed by atoms with Crippen molar-refractivity contribution < 1.29 is 4.74 Å². The maximum absolute atomic E-state index is 12.0. The number of hydrogen-bond acceptors (Lipinski definition) is 2. The van der Waals surface area contributed by atoms with Crippen molar-refractivity contribution in [1.29, 1.82) is 0 Å². The van der Waals surface area contributed by atoms with Crippen molar-refractivity contribution in [2.45, 2.75) is 0 Å². The van der Waals surface area contributed by atoms with Crippen LogP contribution in [0.5, 0.6) is 11.5 Å². The summed E-state index contributed by atoms with van der Waals surface area (Å²) in [7, 11) is 0. The summed E-state index contributed by atoms with van der Waals surface area (Å²) in [6.45, 7) is 0. The molecule has 0 atom stereocenters. The third-order valence-corrected chi connectivity index (χ3v) is 3.39. The number of nitrogens with one attached hydrogen (secondary N) is 1. The summed E-state index contributed by atoms with van der Waals surface area (Å²) in [5.74, 6) is 1.37. The van der Waals surface area contributed by atoms with E-state index < -0.39 is 0 Å². The van der Waals surface area contributed by atoms with E-state index in [-0.39, 0.29) is 5.43 Å². The summed E-state index contributed by atoms with van der Waals surface area (Å²) in [6, 6.07) is 14.9. The minimum absolute atomic E-state index is 0.0488. The molecule has 1 aromatic heterocycles. The minimum Gasteiger partial charge on any atom is -0.455 e. The molecule has 0 aliphatic rings. The lowest BCUT2D eigenvalue weighted by atomic mass is 10.2. The Morgan fingerprint density at radius 2 is 1.79 bits per heavy atom. The van der Waals surface area contributed by atoms with Gasteiger partial charge in [-0.3, -0.25) is 4.79 Å². The fourth-order valence-corrected chi connectivity index (χ4v) is 2.23. The van der Waals surface area contributed by atoms with Gasteiger partial charge in [-0.05, 0) is 40.2 Å². The maximum Gasteiger partial charge on any atom is 0.203 e. The number of para-hydroxylation sites is 2. The Hall–Kier alpha value is -2.07. The van der Waals surface area contributed by atoms with Gasteiger partial charge in [0.25, 0.3) is 0 Å². The zero-order chi connectivity index (χ0) is 13.2. The van der Waals surface area contributed by atoms with E-state index in [0.29, 0.717) is 21.1 Å². The van der Waals surface area contributed by atoms with E-state index in [1.54, 1.807) is 12.3 Å². The highest BCUT2D eigenvalue weighted by Crippen LogP contribution is 2.27. The molecular formula is C15H10BrNO2. The third-order valence-electron chi connectivity index (χ3n) is 2.80. The molecule has 4 heteroatoms. The molecule has 0 saturated carbocycles. The molecule has 3 rings (SSSR count). The minimum atomic E-state index is -0.0488. The smallest absolute Gasteiger partial charge is 0.203 e. The zero-order valence-electron chi connectivity index (χ0n) is 9.89. The lowest BCUT2D eigenvalue weighted by Crippen LogP contribution is -2.03. The SMILES string of the molecule is O=c1c(Br)c[nH]c2c(Oc3ccccc3)cccc12. The number of hydrogen-bond donors (Lipinski definition) is 1. The maximum atomic E-state index is 12.0. The Labute approximate surface area is 118 Å². The van der Waals surface area contributed by atoms with Gasteiger partial charge in [0.05, 0.1) is 15.4 Å². The van der Waals surface area contributed by atoms with E-state index in [1.165, 1.54) is 0 Å². The summed E-state index contributed by atoms with van der Waals surface area (Å²) < 4.78 is 6.31. The molecule has 3 nitrogen and oxygen atoms in total. The predicted octanol–water partition coefficient (Wildman–Crippen LogP) is 4.08. The van der Waals surface area contributed by atoms with Gasteiger partial charge in [0.2, 0.25) is 5.43 Å². The molecule has 0 saturated heterocycles. The van der Waals surface area contributed by atoms with Gasteiger partial charge in [-0.2, -0.15) is 0 Å². The first-order valence-electron chi connectivity index (χ1n) is 5.78. The van der Waals surface area contributed by atoms with Crippen molar-refractivity contribution >= 4 is 26.8 Å². The topological polar surface area (TPSA) is 42.1 Å². The Morgan fingerprint density at radius 3 is 2.58 bits per heavy atom. The van der Waals surface area contributed by atoms with Crippen LogP contribution in [-0.2, 0) is 0 Å². The van der Waals surface area contributed by atoms with Crippen molar-refractivity contribution in [3.8, 4) is 11.5 Å². The van der Waals surface area contributed by atoms with Crippen LogP contribution in [0.3, 0.4) is 0 Å². The average Bonchev–Trinajstić information content (AvgIpc) is 2.45. The summed E-state index contributed by atoms with van der Waals surface area (Å²) in [4.78, 5) is 15.1. The quantitative estimate of drug-likeness (QED) is 0.774. The normalized spacial score (nSPS) is 10.6. The molecular weight excluding hydrogens is 306 g/mol. The van der Waals surface area contributed by atoms with Crippen LogP contribution in [0.1, 0.15) is 0 Å². The average molecular weight is 316 g/mol. The first-order chi connectivity index (χ1) is 9.25. The lowest BCUT2D eigenvalue weighted by molar-refractivity contribution is 0.487. The van der Waals surface area contributed by atoms with Crippen LogP contribution >= 0.6 is 15.9 Å². The van der Waals surface area contributed by atoms with Crippen LogP contribution in [0, 0.1) is 0 Å². The molecule has 0 aliphatic heterocycles. The summed E-state index contributed by atoms with van der Waals surface area (Å²) in [5, 5.41) is 0.600. The van der Waals surface area contributed by atoms with E-state index >= 15 is 0 Å². The molecule has 0 fully saturated rings. The second-order valence-corrected chi connectivity index (χ2v) is 4.91. The number of pyridine rings is 1. The number of H-pyrrole nitrogens is 1. The van der Waals surface area contributed by atoms with E-state index in [0.717, 1.165) is 5.75 Å². The molecule has 0 radical (unpaired) electrons. The van der Waals surface area contributed by atoms with Crippen molar-refractivity contribution in [3.63, 3.8) is 0 Å². The van der Waals surface area contributed by atoms with Gasteiger partial charge in [-0.15, -0.1) is 0 Å². The van der Waals surface area contributed by atoms with Gasteiger partial charge in [-0.1, -0.05) is 24.3 Å². The van der Waals surface area contributed by atoms with Crippen molar-refractivity contribution in [1.82, 2.24) is 4.98 Å². The monoisotopic (exact) mass is 315 g/mol. The van der Waals surface area contributed by atoms with Crippen molar-refractivity contribution in [2.24, 2.45) is 0 Å². The molecule has 0 bridgehead atoms. The van der Waals surface area contributed by atoms with Crippen LogP contribution in [0.15, 0.2) is 64.0 Å². The number of aromatic amines is 1. The number of ether oxygens (including phenoxy) is 1. The number of halogens is 1. The Kier molecular flexibility index (Phi) is 3.09. The lowest BCUT2D eigenvalue weighted by Gasteiger charge is -2.08. The first-order valence-corrected chi connectivity index (χ1v) is 6.58. The summed E-state index contributed by atoms with van der Waals surface area (Å²) in [5.41, 5.74) is 0.645. The molecule has 0 aliphatic carbocycles. The molecule has 0 unspecified atom stereocenters. The summed E-state index contributed by atoms with van der Waals surface area (Å²) >= 11 is 3.22. The largest absolute Gasteiger partial charge is 0.455 e. The highest BCUT2D eigenvalue weighted by molar-refractivity contribution is 9.10.